The lowest BCUT2D eigenvalue weighted by atomic mass is 9.84. The van der Waals surface area contributed by atoms with Crippen LogP contribution >= 0.6 is 0 Å². The van der Waals surface area contributed by atoms with Crippen molar-refractivity contribution in [3.63, 3.8) is 0 Å². The van der Waals surface area contributed by atoms with E-state index in [0.717, 1.165) is 0 Å². The normalized spacial score (nSPS) is 29.1. The minimum atomic E-state index is -0.0158. The fraction of sp³-hybridized carbons (Fsp3) is 0.933. The molecule has 0 spiro atoms. The van der Waals surface area contributed by atoms with E-state index >= 15 is 0 Å². The van der Waals surface area contributed by atoms with E-state index in [4.69, 9.17) is 4.74 Å². The molecule has 2 atom stereocenters. The number of hydrogen-bond donors (Lipinski definition) is 0. The van der Waals surface area contributed by atoms with Gasteiger partial charge in [-0.25, -0.2) is 0 Å². The van der Waals surface area contributed by atoms with E-state index in [1.54, 1.807) is 0 Å². The predicted molar refractivity (Wildman–Crippen MR) is 72.4 cm³/mol. The van der Waals surface area contributed by atoms with Gasteiger partial charge in [0, 0.05) is 18.4 Å². The maximum absolute atomic E-state index is 11.6. The fourth-order valence-electron chi connectivity index (χ4n) is 3.36. The lowest BCUT2D eigenvalue weighted by Gasteiger charge is -2.44. The van der Waals surface area contributed by atoms with Crippen LogP contribution in [0.3, 0.4) is 0 Å². The molecule has 0 N–H and O–H groups in total. The zero-order valence-electron chi connectivity index (χ0n) is 11.9. The van der Waals surface area contributed by atoms with Crippen LogP contribution in [-0.2, 0) is 9.53 Å². The van der Waals surface area contributed by atoms with Crippen molar-refractivity contribution in [2.45, 2.75) is 58.4 Å². The number of hydrogen-bond acceptors (Lipinski definition) is 3. The second-order valence-electron chi connectivity index (χ2n) is 6.28. The summed E-state index contributed by atoms with van der Waals surface area (Å²) in [5, 5.41) is 0. The molecule has 0 amide bonds. The summed E-state index contributed by atoms with van der Waals surface area (Å²) in [5.41, 5.74) is 0. The van der Waals surface area contributed by atoms with Crippen LogP contribution in [0.4, 0.5) is 0 Å². The van der Waals surface area contributed by atoms with E-state index in [-0.39, 0.29) is 5.97 Å². The Hall–Kier alpha value is -0.570. The number of esters is 1. The highest BCUT2D eigenvalue weighted by molar-refractivity contribution is 5.69. The van der Waals surface area contributed by atoms with Gasteiger partial charge in [-0.1, -0.05) is 20.3 Å². The molecule has 3 heteroatoms. The van der Waals surface area contributed by atoms with Gasteiger partial charge in [0.1, 0.15) is 0 Å². The molecule has 0 unspecified atom stereocenters. The van der Waals surface area contributed by atoms with Crippen molar-refractivity contribution < 1.29 is 9.53 Å². The Kier molecular flexibility index (Phi) is 5.04. The molecule has 0 aromatic rings. The SMILES string of the molecule is CC(C)CC(=O)OC[C@@H]1CCCN2CCCC[C@@H]12. The van der Waals surface area contributed by atoms with Crippen LogP contribution in [0.2, 0.25) is 0 Å². The van der Waals surface area contributed by atoms with Crippen molar-refractivity contribution in [3.05, 3.63) is 0 Å². The molecule has 2 heterocycles. The summed E-state index contributed by atoms with van der Waals surface area (Å²) in [4.78, 5) is 14.2. The number of fused-ring (bicyclic) bond motifs is 1. The molecule has 0 aromatic carbocycles. The number of rotatable bonds is 4. The van der Waals surface area contributed by atoms with Crippen LogP contribution < -0.4 is 0 Å². The smallest absolute Gasteiger partial charge is 0.306 e. The number of carbonyl (C=O) groups is 1. The van der Waals surface area contributed by atoms with Gasteiger partial charge in [0.25, 0.3) is 0 Å². The molecule has 0 radical (unpaired) electrons. The minimum Gasteiger partial charge on any atom is -0.465 e. The largest absolute Gasteiger partial charge is 0.465 e. The average molecular weight is 253 g/mol. The van der Waals surface area contributed by atoms with Crippen LogP contribution in [0.5, 0.6) is 0 Å². The summed E-state index contributed by atoms with van der Waals surface area (Å²) in [7, 11) is 0. The van der Waals surface area contributed by atoms with E-state index in [9.17, 15) is 4.79 Å². The van der Waals surface area contributed by atoms with Crippen LogP contribution in [-0.4, -0.2) is 36.6 Å². The molecule has 104 valence electrons. The molecule has 2 saturated heterocycles. The molecule has 0 bridgehead atoms. The van der Waals surface area contributed by atoms with Gasteiger partial charge in [-0.15, -0.1) is 0 Å². The second-order valence-corrected chi connectivity index (χ2v) is 6.28. The molecule has 2 rings (SSSR count). The first-order valence-corrected chi connectivity index (χ1v) is 7.56. The third-order valence-electron chi connectivity index (χ3n) is 4.26. The van der Waals surface area contributed by atoms with E-state index in [2.05, 4.69) is 18.7 Å². The highest BCUT2D eigenvalue weighted by atomic mass is 16.5. The minimum absolute atomic E-state index is 0.0158. The number of carbonyl (C=O) groups excluding carboxylic acids is 1. The van der Waals surface area contributed by atoms with Crippen LogP contribution in [0.25, 0.3) is 0 Å². The summed E-state index contributed by atoms with van der Waals surface area (Å²) in [6.07, 6.45) is 7.04. The third-order valence-corrected chi connectivity index (χ3v) is 4.26. The van der Waals surface area contributed by atoms with Gasteiger partial charge in [-0.2, -0.15) is 0 Å². The van der Waals surface area contributed by atoms with Gasteiger partial charge in [0.2, 0.25) is 0 Å². The predicted octanol–water partition coefficient (Wildman–Crippen LogP) is 2.84. The molecular weight excluding hydrogens is 226 g/mol. The van der Waals surface area contributed by atoms with Gasteiger partial charge in [0.15, 0.2) is 0 Å². The molecule has 3 nitrogen and oxygen atoms in total. The first-order valence-electron chi connectivity index (χ1n) is 7.56. The van der Waals surface area contributed by atoms with Gasteiger partial charge >= 0.3 is 5.97 Å². The highest BCUT2D eigenvalue weighted by Gasteiger charge is 2.33. The number of ether oxygens (including phenoxy) is 1. The molecule has 0 saturated carbocycles. The standard InChI is InChI=1S/C15H27NO2/c1-12(2)10-15(17)18-11-13-6-5-9-16-8-4-3-7-14(13)16/h12-14H,3-11H2,1-2H3/t13-,14-/m0/s1. The van der Waals surface area contributed by atoms with E-state index < -0.39 is 0 Å². The topological polar surface area (TPSA) is 29.5 Å². The van der Waals surface area contributed by atoms with Gasteiger partial charge in [-0.3, -0.25) is 9.69 Å². The Morgan fingerprint density at radius 3 is 2.78 bits per heavy atom. The van der Waals surface area contributed by atoms with Crippen LogP contribution in [0, 0.1) is 11.8 Å². The first-order chi connectivity index (χ1) is 8.66. The number of nitrogens with zero attached hydrogens (tertiary/aromatic N) is 1. The number of piperidine rings is 2. The molecule has 0 aromatic heterocycles. The summed E-state index contributed by atoms with van der Waals surface area (Å²) in [5.74, 6) is 0.961. The van der Waals surface area contributed by atoms with Gasteiger partial charge in [0.05, 0.1) is 6.61 Å². The molecule has 2 fully saturated rings. The Bertz CT molecular complexity index is 276. The van der Waals surface area contributed by atoms with Crippen molar-refractivity contribution in [2.24, 2.45) is 11.8 Å². The Morgan fingerprint density at radius 1 is 1.22 bits per heavy atom. The van der Waals surface area contributed by atoms with Gasteiger partial charge in [-0.05, 0) is 44.7 Å². The third kappa shape index (κ3) is 3.71. The summed E-state index contributed by atoms with van der Waals surface area (Å²) < 4.78 is 5.48. The monoisotopic (exact) mass is 253 g/mol. The van der Waals surface area contributed by atoms with Crippen LogP contribution in [0.15, 0.2) is 0 Å². The van der Waals surface area contributed by atoms with E-state index in [1.807, 2.05) is 0 Å². The maximum atomic E-state index is 11.6. The van der Waals surface area contributed by atoms with Crippen molar-refractivity contribution >= 4 is 5.97 Å². The van der Waals surface area contributed by atoms with Crippen molar-refractivity contribution in [1.29, 1.82) is 0 Å². The lowest BCUT2D eigenvalue weighted by Crippen LogP contribution is -2.49. The molecule has 2 aliphatic heterocycles. The lowest BCUT2D eigenvalue weighted by molar-refractivity contribution is -0.147. The fourth-order valence-corrected chi connectivity index (χ4v) is 3.36. The van der Waals surface area contributed by atoms with E-state index in [1.165, 1.54) is 45.2 Å². The zero-order chi connectivity index (χ0) is 13.0. The van der Waals surface area contributed by atoms with Crippen LogP contribution in [0.1, 0.15) is 52.4 Å². The second kappa shape index (κ2) is 6.55. The molecule has 18 heavy (non-hydrogen) atoms. The van der Waals surface area contributed by atoms with Crippen molar-refractivity contribution in [1.82, 2.24) is 4.90 Å². The molecule has 2 aliphatic rings. The quantitative estimate of drug-likeness (QED) is 0.722. The highest BCUT2D eigenvalue weighted by Crippen LogP contribution is 2.31. The summed E-state index contributed by atoms with van der Waals surface area (Å²) in [6.45, 7) is 7.27. The Morgan fingerprint density at radius 2 is 2.00 bits per heavy atom. The Balaban J connectivity index is 1.79. The van der Waals surface area contributed by atoms with E-state index in [0.29, 0.717) is 30.9 Å². The molecule has 0 aliphatic carbocycles. The molecular formula is C15H27NO2. The summed E-state index contributed by atoms with van der Waals surface area (Å²) in [6, 6.07) is 0.680. The van der Waals surface area contributed by atoms with Crippen molar-refractivity contribution in [3.8, 4) is 0 Å². The first kappa shape index (κ1) is 13.9. The summed E-state index contributed by atoms with van der Waals surface area (Å²) >= 11 is 0. The maximum Gasteiger partial charge on any atom is 0.306 e. The average Bonchev–Trinajstić information content (AvgIpc) is 2.35. The zero-order valence-corrected chi connectivity index (χ0v) is 11.9. The van der Waals surface area contributed by atoms with Crippen molar-refractivity contribution in [2.75, 3.05) is 19.7 Å². The Labute approximate surface area is 111 Å². The van der Waals surface area contributed by atoms with Gasteiger partial charge < -0.3 is 4.74 Å².